The summed E-state index contributed by atoms with van der Waals surface area (Å²) in [7, 11) is -4.26. The highest BCUT2D eigenvalue weighted by Crippen LogP contribution is 2.32. The molecule has 2 aromatic carbocycles. The van der Waals surface area contributed by atoms with Crippen molar-refractivity contribution in [2.24, 2.45) is 0 Å². The lowest BCUT2D eigenvalue weighted by Gasteiger charge is -2.09. The number of benzene rings is 2. The average Bonchev–Trinajstić information content (AvgIpc) is 2.94. The minimum absolute atomic E-state index is 0.00421. The van der Waals surface area contributed by atoms with Gasteiger partial charge in [-0.3, -0.25) is 0 Å². The van der Waals surface area contributed by atoms with E-state index in [0.717, 1.165) is 23.8 Å². The highest BCUT2D eigenvalue weighted by Gasteiger charge is 2.23. The normalized spacial score (nSPS) is 13.3. The molecule has 3 rings (SSSR count). The summed E-state index contributed by atoms with van der Waals surface area (Å²) in [6, 6.07) is 8.13. The number of ether oxygens (including phenoxy) is 2. The third-order valence-corrected chi connectivity index (χ3v) is 4.84. The van der Waals surface area contributed by atoms with Gasteiger partial charge < -0.3 is 9.47 Å². The zero-order valence-corrected chi connectivity index (χ0v) is 12.7. The van der Waals surface area contributed by atoms with Gasteiger partial charge in [0, 0.05) is 6.54 Å². The molecule has 1 N–H and O–H groups in total. The molecule has 2 aromatic rings. The number of hydrogen-bond donors (Lipinski definition) is 1. The summed E-state index contributed by atoms with van der Waals surface area (Å²) in [5.74, 6) is -1.03. The lowest BCUT2D eigenvalue weighted by atomic mass is 10.1. The van der Waals surface area contributed by atoms with E-state index in [0.29, 0.717) is 17.9 Å². The van der Waals surface area contributed by atoms with E-state index in [-0.39, 0.29) is 13.3 Å². The van der Waals surface area contributed by atoms with Crippen molar-refractivity contribution < 1.29 is 26.7 Å². The molecule has 1 heterocycles. The van der Waals surface area contributed by atoms with Crippen LogP contribution in [-0.2, 0) is 16.4 Å². The number of rotatable bonds is 5. The monoisotopic (exact) mass is 341 g/mol. The quantitative estimate of drug-likeness (QED) is 0.906. The van der Waals surface area contributed by atoms with Gasteiger partial charge in [-0.1, -0.05) is 12.1 Å². The maximum absolute atomic E-state index is 13.6. The predicted octanol–water partition coefficient (Wildman–Crippen LogP) is 2.21. The molecule has 1 aliphatic heterocycles. The summed E-state index contributed by atoms with van der Waals surface area (Å²) < 4.78 is 63.7. The maximum Gasteiger partial charge on any atom is 0.246 e. The summed E-state index contributed by atoms with van der Waals surface area (Å²) >= 11 is 0. The minimum Gasteiger partial charge on any atom is -0.454 e. The molecule has 8 heteroatoms. The van der Waals surface area contributed by atoms with Crippen LogP contribution in [0.2, 0.25) is 0 Å². The molecule has 0 aliphatic carbocycles. The predicted molar refractivity (Wildman–Crippen MR) is 77.8 cm³/mol. The van der Waals surface area contributed by atoms with E-state index in [1.807, 2.05) is 0 Å². The molecule has 0 saturated carbocycles. The summed E-state index contributed by atoms with van der Waals surface area (Å²) in [6.45, 7) is 0.147. The third kappa shape index (κ3) is 3.27. The molecule has 122 valence electrons. The van der Waals surface area contributed by atoms with E-state index in [2.05, 4.69) is 4.72 Å². The molecule has 0 fully saturated rings. The van der Waals surface area contributed by atoms with Gasteiger partial charge in [-0.2, -0.15) is 0 Å². The first-order chi connectivity index (χ1) is 11.0. The smallest absolute Gasteiger partial charge is 0.246 e. The van der Waals surface area contributed by atoms with Gasteiger partial charge in [-0.25, -0.2) is 21.9 Å². The highest BCUT2D eigenvalue weighted by molar-refractivity contribution is 7.89. The molecule has 0 saturated heterocycles. The van der Waals surface area contributed by atoms with E-state index < -0.39 is 26.6 Å². The fourth-order valence-corrected chi connectivity index (χ4v) is 3.40. The van der Waals surface area contributed by atoms with Crippen LogP contribution in [-0.4, -0.2) is 21.8 Å². The number of halogens is 2. The van der Waals surface area contributed by atoms with Crippen LogP contribution in [0.15, 0.2) is 41.3 Å². The first kappa shape index (κ1) is 15.7. The molecule has 1 aliphatic rings. The first-order valence-electron chi connectivity index (χ1n) is 6.79. The van der Waals surface area contributed by atoms with Crippen LogP contribution < -0.4 is 14.2 Å². The van der Waals surface area contributed by atoms with Crippen LogP contribution in [0.4, 0.5) is 8.78 Å². The van der Waals surface area contributed by atoms with Crippen LogP contribution in [0, 0.1) is 11.6 Å². The Bertz CT molecular complexity index is 819. The fraction of sp³-hybridized carbons (Fsp3) is 0.200. The summed E-state index contributed by atoms with van der Waals surface area (Å²) in [4.78, 5) is -0.967. The van der Waals surface area contributed by atoms with Crippen molar-refractivity contribution in [3.05, 3.63) is 53.6 Å². The number of sulfonamides is 1. The second-order valence-corrected chi connectivity index (χ2v) is 6.59. The van der Waals surface area contributed by atoms with Crippen molar-refractivity contribution in [1.82, 2.24) is 4.72 Å². The Morgan fingerprint density at radius 3 is 2.48 bits per heavy atom. The zero-order chi connectivity index (χ0) is 16.4. The Kier molecular flexibility index (Phi) is 4.18. The van der Waals surface area contributed by atoms with Gasteiger partial charge in [0.15, 0.2) is 16.4 Å². The van der Waals surface area contributed by atoms with Crippen LogP contribution >= 0.6 is 0 Å². The molecular weight excluding hydrogens is 328 g/mol. The third-order valence-electron chi connectivity index (χ3n) is 3.33. The summed E-state index contributed by atoms with van der Waals surface area (Å²) in [5.41, 5.74) is 0.811. The number of hydrogen-bond acceptors (Lipinski definition) is 4. The largest absolute Gasteiger partial charge is 0.454 e. The van der Waals surface area contributed by atoms with Crippen molar-refractivity contribution in [3.63, 3.8) is 0 Å². The lowest BCUT2D eigenvalue weighted by molar-refractivity contribution is 0.174. The van der Waals surface area contributed by atoms with Gasteiger partial charge in [-0.05, 0) is 36.2 Å². The van der Waals surface area contributed by atoms with E-state index in [1.165, 1.54) is 0 Å². The second-order valence-electron chi connectivity index (χ2n) is 4.89. The Balaban J connectivity index is 1.68. The first-order valence-corrected chi connectivity index (χ1v) is 8.28. The molecule has 0 aromatic heterocycles. The molecule has 0 radical (unpaired) electrons. The van der Waals surface area contributed by atoms with E-state index in [9.17, 15) is 17.2 Å². The Hall–Kier alpha value is -2.19. The van der Waals surface area contributed by atoms with Gasteiger partial charge >= 0.3 is 0 Å². The van der Waals surface area contributed by atoms with Crippen molar-refractivity contribution in [1.29, 1.82) is 0 Å². The summed E-state index contributed by atoms with van der Waals surface area (Å²) in [5, 5.41) is 0. The van der Waals surface area contributed by atoms with Gasteiger partial charge in [0.1, 0.15) is 11.6 Å². The molecule has 23 heavy (non-hydrogen) atoms. The molecule has 0 bridgehead atoms. The number of nitrogens with one attached hydrogen (secondary N) is 1. The standard InChI is InChI=1S/C15H13F2NO4S/c16-11-2-1-3-12(17)15(11)23(19,20)18-7-6-10-4-5-13-14(8-10)22-9-21-13/h1-5,8,18H,6-7,9H2. The van der Waals surface area contributed by atoms with E-state index in [4.69, 9.17) is 9.47 Å². The highest BCUT2D eigenvalue weighted by atomic mass is 32.2. The Labute approximate surface area is 131 Å². The van der Waals surface area contributed by atoms with Crippen LogP contribution in [0.3, 0.4) is 0 Å². The molecule has 0 atom stereocenters. The minimum atomic E-state index is -4.26. The SMILES string of the molecule is O=S(=O)(NCCc1ccc2c(c1)OCO2)c1c(F)cccc1F. The topological polar surface area (TPSA) is 64.6 Å². The fourth-order valence-electron chi connectivity index (χ4n) is 2.24. The number of fused-ring (bicyclic) bond motifs is 1. The summed E-state index contributed by atoms with van der Waals surface area (Å²) in [6.07, 6.45) is 0.339. The van der Waals surface area contributed by atoms with Gasteiger partial charge in [0.2, 0.25) is 16.8 Å². The van der Waals surface area contributed by atoms with E-state index >= 15 is 0 Å². The molecule has 0 spiro atoms. The average molecular weight is 341 g/mol. The van der Waals surface area contributed by atoms with Crippen molar-refractivity contribution in [2.75, 3.05) is 13.3 Å². The van der Waals surface area contributed by atoms with Crippen molar-refractivity contribution in [3.8, 4) is 11.5 Å². The van der Waals surface area contributed by atoms with Gasteiger partial charge in [-0.15, -0.1) is 0 Å². The molecule has 0 amide bonds. The van der Waals surface area contributed by atoms with Crippen molar-refractivity contribution >= 4 is 10.0 Å². The van der Waals surface area contributed by atoms with Crippen LogP contribution in [0.1, 0.15) is 5.56 Å². The van der Waals surface area contributed by atoms with E-state index in [1.54, 1.807) is 18.2 Å². The van der Waals surface area contributed by atoms with Crippen LogP contribution in [0.25, 0.3) is 0 Å². The van der Waals surface area contributed by atoms with Crippen molar-refractivity contribution in [2.45, 2.75) is 11.3 Å². The molecular formula is C15H13F2NO4S. The second kappa shape index (κ2) is 6.13. The lowest BCUT2D eigenvalue weighted by Crippen LogP contribution is -2.27. The molecule has 0 unspecified atom stereocenters. The Morgan fingerprint density at radius 2 is 1.74 bits per heavy atom. The molecule has 5 nitrogen and oxygen atoms in total. The van der Waals surface area contributed by atoms with Gasteiger partial charge in [0.05, 0.1) is 0 Å². The maximum atomic E-state index is 13.6. The Morgan fingerprint density at radius 1 is 1.04 bits per heavy atom. The zero-order valence-electron chi connectivity index (χ0n) is 11.9. The van der Waals surface area contributed by atoms with Crippen LogP contribution in [0.5, 0.6) is 11.5 Å². The van der Waals surface area contributed by atoms with Gasteiger partial charge in [0.25, 0.3) is 0 Å².